The van der Waals surface area contributed by atoms with Gasteiger partial charge in [-0.05, 0) is 49.6 Å². The molecule has 1 fully saturated rings. The van der Waals surface area contributed by atoms with Crippen LogP contribution in [-0.4, -0.2) is 117 Å². The van der Waals surface area contributed by atoms with E-state index in [2.05, 4.69) is 10.3 Å². The zero-order valence-electron chi connectivity index (χ0n) is 27.7. The number of rotatable bonds is 12. The number of fused-ring (bicyclic) bond motifs is 1. The second-order valence-electron chi connectivity index (χ2n) is 11.2. The Morgan fingerprint density at radius 3 is 2.15 bits per heavy atom. The van der Waals surface area contributed by atoms with Gasteiger partial charge in [-0.25, -0.2) is 14.6 Å². The standard InChI is InChI=1S/C31H35N5O9.C2HF3O2/c1-2-44-31(43)36-14-12-35(13-15-36)28(38)22(29(39)40)10-11-33-27(37)25-18-26(21-8-3-4-9-24(21)34-25)45-20-7-5-6-19(16-20)17-23(32)30(41)42;3-2(4,5)1(6)7/h3-9,16,18,22-23H,2,10-15,17,32H2,1H3,(H,33,37)(H,39,40)(H,41,42);(H,6,7). The van der Waals surface area contributed by atoms with E-state index < -0.39 is 54.0 Å². The number of nitrogens with zero attached hydrogens (tertiary/aromatic N) is 3. The number of nitrogens with two attached hydrogens (primary N) is 1. The van der Waals surface area contributed by atoms with Gasteiger partial charge in [0.15, 0.2) is 0 Å². The average molecular weight is 736 g/mol. The SMILES string of the molecule is CCOC(=O)N1CCN(C(=O)C(CCNC(=O)c2cc(Oc3cccc(CC(N)C(=O)O)c3)c3ccccc3n2)C(=O)O)CC1.O=C(O)C(F)(F)F. The molecular formula is C33H36F3N5O11. The monoisotopic (exact) mass is 735 g/mol. The number of carboxylic acid groups (broad SMARTS) is 3. The van der Waals surface area contributed by atoms with Crippen molar-refractivity contribution in [2.24, 2.45) is 11.7 Å². The molecule has 0 radical (unpaired) electrons. The number of alkyl halides is 3. The lowest BCUT2D eigenvalue weighted by molar-refractivity contribution is -0.192. The highest BCUT2D eigenvalue weighted by Crippen LogP contribution is 2.30. The van der Waals surface area contributed by atoms with Crippen LogP contribution < -0.4 is 15.8 Å². The summed E-state index contributed by atoms with van der Waals surface area (Å²) in [5.41, 5.74) is 6.81. The van der Waals surface area contributed by atoms with Gasteiger partial charge in [0.25, 0.3) is 5.91 Å². The van der Waals surface area contributed by atoms with Crippen LogP contribution in [0.3, 0.4) is 0 Å². The van der Waals surface area contributed by atoms with Crippen molar-refractivity contribution in [1.29, 1.82) is 0 Å². The number of hydrogen-bond donors (Lipinski definition) is 5. The summed E-state index contributed by atoms with van der Waals surface area (Å²) in [6.45, 7) is 2.62. The third-order valence-electron chi connectivity index (χ3n) is 7.48. The van der Waals surface area contributed by atoms with Crippen LogP contribution in [0.1, 0.15) is 29.4 Å². The van der Waals surface area contributed by atoms with Crippen molar-refractivity contribution < 1.29 is 66.7 Å². The average Bonchev–Trinajstić information content (AvgIpc) is 3.09. The first-order valence-corrected chi connectivity index (χ1v) is 15.7. The summed E-state index contributed by atoms with van der Waals surface area (Å²) in [5.74, 6) is -7.03. The molecule has 52 heavy (non-hydrogen) atoms. The maximum absolute atomic E-state index is 13.1. The number of aliphatic carboxylic acids is 3. The third-order valence-corrected chi connectivity index (χ3v) is 7.48. The second-order valence-corrected chi connectivity index (χ2v) is 11.2. The van der Waals surface area contributed by atoms with Crippen molar-refractivity contribution in [2.45, 2.75) is 32.0 Å². The molecule has 6 N–H and O–H groups in total. The Kier molecular flexibility index (Phi) is 14.2. The summed E-state index contributed by atoms with van der Waals surface area (Å²) >= 11 is 0. The minimum absolute atomic E-state index is 0.0149. The second kappa shape index (κ2) is 18.3. The molecule has 2 atom stereocenters. The molecule has 2 unspecified atom stereocenters. The Bertz CT molecular complexity index is 1780. The smallest absolute Gasteiger partial charge is 0.481 e. The number of ether oxygens (including phenoxy) is 2. The zero-order chi connectivity index (χ0) is 38.6. The topological polar surface area (TPSA) is 239 Å². The fourth-order valence-electron chi connectivity index (χ4n) is 4.87. The number of carbonyl (C=O) groups is 6. The van der Waals surface area contributed by atoms with Crippen LogP contribution in [0.4, 0.5) is 18.0 Å². The fourth-order valence-corrected chi connectivity index (χ4v) is 4.87. The van der Waals surface area contributed by atoms with E-state index in [9.17, 15) is 42.3 Å². The highest BCUT2D eigenvalue weighted by Gasteiger charge is 2.38. The van der Waals surface area contributed by atoms with E-state index in [1.54, 1.807) is 55.5 Å². The van der Waals surface area contributed by atoms with Gasteiger partial charge in [-0.2, -0.15) is 13.2 Å². The van der Waals surface area contributed by atoms with Gasteiger partial charge < -0.3 is 45.6 Å². The lowest BCUT2D eigenvalue weighted by Gasteiger charge is -2.35. The van der Waals surface area contributed by atoms with E-state index in [4.69, 9.17) is 30.2 Å². The van der Waals surface area contributed by atoms with Gasteiger partial charge in [-0.15, -0.1) is 0 Å². The lowest BCUT2D eigenvalue weighted by Crippen LogP contribution is -2.53. The zero-order valence-corrected chi connectivity index (χ0v) is 27.7. The molecule has 4 rings (SSSR count). The van der Waals surface area contributed by atoms with Crippen LogP contribution >= 0.6 is 0 Å². The van der Waals surface area contributed by atoms with E-state index in [1.807, 2.05) is 0 Å². The molecule has 0 saturated carbocycles. The first-order valence-electron chi connectivity index (χ1n) is 15.7. The number of carboxylic acids is 3. The van der Waals surface area contributed by atoms with Crippen molar-refractivity contribution in [2.75, 3.05) is 39.3 Å². The number of amides is 3. The minimum atomic E-state index is -5.08. The molecule has 1 aliphatic rings. The Morgan fingerprint density at radius 2 is 1.56 bits per heavy atom. The number of aromatic nitrogens is 1. The van der Waals surface area contributed by atoms with Crippen LogP contribution in [0.5, 0.6) is 11.5 Å². The molecule has 1 aromatic heterocycles. The summed E-state index contributed by atoms with van der Waals surface area (Å²) in [4.78, 5) is 77.3. The van der Waals surface area contributed by atoms with Crippen LogP contribution in [0, 0.1) is 5.92 Å². The third kappa shape index (κ3) is 11.5. The molecule has 2 aromatic carbocycles. The van der Waals surface area contributed by atoms with Gasteiger partial charge in [-0.1, -0.05) is 24.3 Å². The number of para-hydroxylation sites is 1. The van der Waals surface area contributed by atoms with Crippen molar-refractivity contribution in [1.82, 2.24) is 20.1 Å². The predicted molar refractivity (Wildman–Crippen MR) is 175 cm³/mol. The minimum Gasteiger partial charge on any atom is -0.481 e. The molecular weight excluding hydrogens is 699 g/mol. The van der Waals surface area contributed by atoms with E-state index in [-0.39, 0.29) is 57.9 Å². The fraction of sp³-hybridized carbons (Fsp3) is 0.364. The van der Waals surface area contributed by atoms with Gasteiger partial charge in [0, 0.05) is 44.2 Å². The summed E-state index contributed by atoms with van der Waals surface area (Å²) in [7, 11) is 0. The number of benzene rings is 2. The molecule has 16 nitrogen and oxygen atoms in total. The molecule has 0 bridgehead atoms. The maximum atomic E-state index is 13.1. The normalized spacial score (nSPS) is 13.9. The molecule has 19 heteroatoms. The molecule has 280 valence electrons. The van der Waals surface area contributed by atoms with E-state index in [0.717, 1.165) is 0 Å². The molecule has 3 aromatic rings. The molecule has 0 aliphatic carbocycles. The summed E-state index contributed by atoms with van der Waals surface area (Å²) in [6.07, 6.45) is -5.62. The number of carbonyl (C=O) groups excluding carboxylic acids is 3. The van der Waals surface area contributed by atoms with Crippen LogP contribution in [-0.2, 0) is 30.3 Å². The lowest BCUT2D eigenvalue weighted by atomic mass is 10.0. The number of hydrogen-bond acceptors (Lipinski definition) is 10. The van der Waals surface area contributed by atoms with E-state index >= 15 is 0 Å². The first-order chi connectivity index (χ1) is 24.5. The van der Waals surface area contributed by atoms with Crippen molar-refractivity contribution in [3.05, 3.63) is 65.9 Å². The quantitative estimate of drug-likeness (QED) is 0.168. The van der Waals surface area contributed by atoms with Gasteiger partial charge in [0.05, 0.1) is 12.1 Å². The van der Waals surface area contributed by atoms with Crippen LogP contribution in [0.25, 0.3) is 10.9 Å². The van der Waals surface area contributed by atoms with Gasteiger partial charge >= 0.3 is 30.2 Å². The Morgan fingerprint density at radius 1 is 0.923 bits per heavy atom. The van der Waals surface area contributed by atoms with Crippen LogP contribution in [0.2, 0.25) is 0 Å². The van der Waals surface area contributed by atoms with Crippen molar-refractivity contribution in [3.63, 3.8) is 0 Å². The predicted octanol–water partition coefficient (Wildman–Crippen LogP) is 2.74. The van der Waals surface area contributed by atoms with Gasteiger partial charge in [-0.3, -0.25) is 19.2 Å². The van der Waals surface area contributed by atoms with Crippen molar-refractivity contribution >= 4 is 46.7 Å². The van der Waals surface area contributed by atoms with Gasteiger partial charge in [0.2, 0.25) is 5.91 Å². The van der Waals surface area contributed by atoms with Crippen LogP contribution in [0.15, 0.2) is 54.6 Å². The molecule has 1 saturated heterocycles. The van der Waals surface area contributed by atoms with Crippen molar-refractivity contribution in [3.8, 4) is 11.5 Å². The van der Waals surface area contributed by atoms with E-state index in [1.165, 1.54) is 15.9 Å². The summed E-state index contributed by atoms with van der Waals surface area (Å²) in [6, 6.07) is 14.2. The highest BCUT2D eigenvalue weighted by atomic mass is 19.4. The molecule has 3 amide bonds. The largest absolute Gasteiger partial charge is 0.490 e. The first kappa shape index (κ1) is 40.4. The Balaban J connectivity index is 0.000000944. The molecule has 1 aliphatic heterocycles. The Hall–Kier alpha value is -5.98. The number of piperazine rings is 1. The molecule has 2 heterocycles. The Labute approximate surface area is 293 Å². The number of nitrogens with one attached hydrogen (secondary N) is 1. The van der Waals surface area contributed by atoms with E-state index in [0.29, 0.717) is 28.0 Å². The summed E-state index contributed by atoms with van der Waals surface area (Å²) < 4.78 is 42.8. The molecule has 0 spiro atoms. The highest BCUT2D eigenvalue weighted by molar-refractivity contribution is 5.98. The maximum Gasteiger partial charge on any atom is 0.490 e. The summed E-state index contributed by atoms with van der Waals surface area (Å²) in [5, 5.41) is 29.3. The van der Waals surface area contributed by atoms with Gasteiger partial charge in [0.1, 0.15) is 29.2 Å². The number of pyridine rings is 1. The number of halogens is 3.